The molecular weight excluding hydrogens is 634 g/mol. The monoisotopic (exact) mass is 675 g/mol. The molecule has 216 valence electrons. The maximum Gasteiger partial charge on any atom is 0.416 e. The molecule has 0 saturated carbocycles. The number of benzene rings is 1. The van der Waals surface area contributed by atoms with E-state index in [9.17, 15) is 18.3 Å². The molecule has 4 rings (SSSR count). The van der Waals surface area contributed by atoms with Gasteiger partial charge >= 0.3 is 6.18 Å². The van der Waals surface area contributed by atoms with E-state index < -0.39 is 26.2 Å². The van der Waals surface area contributed by atoms with Crippen molar-refractivity contribution in [3.05, 3.63) is 61.5 Å². The van der Waals surface area contributed by atoms with Crippen LogP contribution in [0.4, 0.5) is 13.2 Å². The fourth-order valence-corrected chi connectivity index (χ4v) is 7.93. The van der Waals surface area contributed by atoms with Crippen molar-refractivity contribution in [3.63, 3.8) is 0 Å². The molecule has 2 aromatic rings. The first-order chi connectivity index (χ1) is 17.9. The molecule has 1 aliphatic carbocycles. The summed E-state index contributed by atoms with van der Waals surface area (Å²) >= 11 is 2.33. The molecule has 2 atom stereocenters. The minimum Gasteiger partial charge on any atom is -0.410 e. The van der Waals surface area contributed by atoms with Crippen molar-refractivity contribution in [3.8, 4) is 0 Å². The Balaban J connectivity index is 1.88. The second-order valence-corrected chi connectivity index (χ2v) is 19.2. The summed E-state index contributed by atoms with van der Waals surface area (Å²) < 4.78 is 53.3. The van der Waals surface area contributed by atoms with Crippen molar-refractivity contribution in [1.29, 1.82) is 0 Å². The number of alkyl halides is 3. The summed E-state index contributed by atoms with van der Waals surface area (Å²) in [5.74, 6) is 0.112. The zero-order valence-corrected chi connectivity index (χ0v) is 27.2. The number of aromatic nitrogens is 1. The van der Waals surface area contributed by atoms with Gasteiger partial charge in [0.1, 0.15) is 6.10 Å². The van der Waals surface area contributed by atoms with E-state index in [-0.39, 0.29) is 22.5 Å². The van der Waals surface area contributed by atoms with Crippen LogP contribution in [-0.4, -0.2) is 31.6 Å². The van der Waals surface area contributed by atoms with Crippen LogP contribution in [0.15, 0.2) is 24.3 Å². The number of halogens is 4. The first-order valence-electron chi connectivity index (χ1n) is 13.7. The number of ether oxygens (including phenoxy) is 1. The van der Waals surface area contributed by atoms with Crippen LogP contribution in [0.2, 0.25) is 18.1 Å². The summed E-state index contributed by atoms with van der Waals surface area (Å²) in [7, 11) is -2.14. The highest BCUT2D eigenvalue weighted by atomic mass is 127. The van der Waals surface area contributed by atoms with E-state index in [4.69, 9.17) is 14.1 Å². The Kier molecular flexibility index (Phi) is 8.73. The van der Waals surface area contributed by atoms with Gasteiger partial charge in [0.25, 0.3) is 0 Å². The van der Waals surface area contributed by atoms with Gasteiger partial charge in [0, 0.05) is 39.5 Å². The highest BCUT2D eigenvalue weighted by molar-refractivity contribution is 14.1. The maximum absolute atomic E-state index is 13.2. The summed E-state index contributed by atoms with van der Waals surface area (Å²) in [4.78, 5) is 5.27. The maximum atomic E-state index is 13.2. The van der Waals surface area contributed by atoms with Crippen molar-refractivity contribution in [2.75, 3.05) is 13.2 Å². The SMILES string of the molecule is CC1(C)Cc2nc(C3CCOCC3)c([C@@H](O)c3ccc(C(F)(F)F)cc3)c(I)c2C(O[Si](C)(C)C(C)(C)C)C1. The Hall–Kier alpha value is -1.01. The van der Waals surface area contributed by atoms with Gasteiger partial charge in [-0.3, -0.25) is 4.98 Å². The molecule has 0 bridgehead atoms. The third-order valence-corrected chi connectivity index (χ3v) is 14.3. The van der Waals surface area contributed by atoms with E-state index >= 15 is 0 Å². The molecule has 1 N–H and O–H groups in total. The van der Waals surface area contributed by atoms with E-state index in [2.05, 4.69) is 70.3 Å². The van der Waals surface area contributed by atoms with E-state index in [1.807, 2.05) is 0 Å². The topological polar surface area (TPSA) is 51.6 Å². The number of hydrogen-bond donors (Lipinski definition) is 1. The molecule has 0 amide bonds. The second kappa shape index (κ2) is 11.0. The highest BCUT2D eigenvalue weighted by Gasteiger charge is 2.45. The van der Waals surface area contributed by atoms with Gasteiger partial charge in [0.2, 0.25) is 0 Å². The average molecular weight is 676 g/mol. The lowest BCUT2D eigenvalue weighted by molar-refractivity contribution is -0.137. The minimum atomic E-state index is -4.43. The van der Waals surface area contributed by atoms with Crippen LogP contribution < -0.4 is 0 Å². The third-order valence-electron chi connectivity index (χ3n) is 8.70. The number of aliphatic hydroxyl groups is 1. The zero-order chi connectivity index (χ0) is 29.0. The van der Waals surface area contributed by atoms with Crippen molar-refractivity contribution in [2.45, 2.75) is 103 Å². The Bertz CT molecular complexity index is 1190. The van der Waals surface area contributed by atoms with E-state index in [0.717, 1.165) is 58.3 Å². The van der Waals surface area contributed by atoms with Gasteiger partial charge in [0.15, 0.2) is 8.32 Å². The molecule has 4 nitrogen and oxygen atoms in total. The molecule has 2 heterocycles. The normalized spacial score (nSPS) is 21.5. The van der Waals surface area contributed by atoms with Crippen molar-refractivity contribution in [1.82, 2.24) is 4.98 Å². The van der Waals surface area contributed by atoms with Crippen LogP contribution >= 0.6 is 22.6 Å². The molecule has 1 fully saturated rings. The summed E-state index contributed by atoms with van der Waals surface area (Å²) in [5, 5.41) is 11.8. The van der Waals surface area contributed by atoms with Gasteiger partial charge in [-0.25, -0.2) is 0 Å². The lowest BCUT2D eigenvalue weighted by atomic mass is 9.74. The van der Waals surface area contributed by atoms with E-state index in [1.54, 1.807) is 0 Å². The molecule has 1 aromatic carbocycles. The Labute approximate surface area is 245 Å². The van der Waals surface area contributed by atoms with Gasteiger partial charge in [0.05, 0.1) is 17.4 Å². The lowest BCUT2D eigenvalue weighted by Crippen LogP contribution is -2.44. The van der Waals surface area contributed by atoms with Gasteiger partial charge < -0.3 is 14.3 Å². The average Bonchev–Trinajstić information content (AvgIpc) is 2.81. The van der Waals surface area contributed by atoms with Gasteiger partial charge in [-0.1, -0.05) is 46.8 Å². The number of nitrogens with zero attached hydrogens (tertiary/aromatic N) is 1. The fourth-order valence-electron chi connectivity index (χ4n) is 5.44. The van der Waals surface area contributed by atoms with Crippen LogP contribution in [0.1, 0.15) is 106 Å². The molecule has 0 spiro atoms. The van der Waals surface area contributed by atoms with Crippen LogP contribution in [0, 0.1) is 8.99 Å². The second-order valence-electron chi connectivity index (χ2n) is 13.4. The summed E-state index contributed by atoms with van der Waals surface area (Å²) in [6.45, 7) is 16.9. The van der Waals surface area contributed by atoms with Gasteiger partial charge in [-0.05, 0) is 89.5 Å². The Morgan fingerprint density at radius 2 is 1.69 bits per heavy atom. The molecule has 9 heteroatoms. The van der Waals surface area contributed by atoms with E-state index in [1.165, 1.54) is 12.1 Å². The number of aliphatic hydroxyl groups excluding tert-OH is 1. The highest BCUT2D eigenvalue weighted by Crippen LogP contribution is 2.50. The molecule has 1 aromatic heterocycles. The van der Waals surface area contributed by atoms with Crippen molar-refractivity contribution < 1.29 is 27.4 Å². The van der Waals surface area contributed by atoms with Crippen molar-refractivity contribution >= 4 is 30.9 Å². The van der Waals surface area contributed by atoms with Crippen LogP contribution in [0.25, 0.3) is 0 Å². The quantitative estimate of drug-likeness (QED) is 0.255. The predicted molar refractivity (Wildman–Crippen MR) is 158 cm³/mol. The molecule has 0 radical (unpaired) electrons. The van der Waals surface area contributed by atoms with Crippen LogP contribution in [-0.2, 0) is 21.8 Å². The number of fused-ring (bicyclic) bond motifs is 1. The Morgan fingerprint density at radius 3 is 2.23 bits per heavy atom. The molecule has 2 aliphatic rings. The summed E-state index contributed by atoms with van der Waals surface area (Å²) in [6, 6.07) is 4.83. The Morgan fingerprint density at radius 1 is 1.10 bits per heavy atom. The van der Waals surface area contributed by atoms with Crippen LogP contribution in [0.5, 0.6) is 0 Å². The van der Waals surface area contributed by atoms with Crippen molar-refractivity contribution in [2.24, 2.45) is 5.41 Å². The molecule has 1 unspecified atom stereocenters. The van der Waals surface area contributed by atoms with E-state index in [0.29, 0.717) is 24.3 Å². The molecule has 39 heavy (non-hydrogen) atoms. The first-order valence-corrected chi connectivity index (χ1v) is 17.7. The smallest absolute Gasteiger partial charge is 0.410 e. The van der Waals surface area contributed by atoms with Crippen LogP contribution in [0.3, 0.4) is 0 Å². The zero-order valence-electron chi connectivity index (χ0n) is 24.0. The number of pyridine rings is 1. The predicted octanol–water partition coefficient (Wildman–Crippen LogP) is 8.72. The largest absolute Gasteiger partial charge is 0.416 e. The van der Waals surface area contributed by atoms with Gasteiger partial charge in [-0.15, -0.1) is 0 Å². The number of hydrogen-bond acceptors (Lipinski definition) is 4. The minimum absolute atomic E-state index is 0.00336. The molecule has 1 saturated heterocycles. The number of rotatable bonds is 5. The third kappa shape index (κ3) is 6.57. The standard InChI is InChI=1S/C30H41F3INO3Si/c1-28(2,3)39(6,7)38-22-17-29(4,5)16-21-23(22)25(34)24(26(35-21)18-12-14-37-15-13-18)27(36)19-8-10-20(11-9-19)30(31,32)33/h8-11,18,22,27,36H,12-17H2,1-7H3/t22?,27-/m0/s1. The fraction of sp³-hybridized carbons (Fsp3) is 0.633. The molecule has 1 aliphatic heterocycles. The first kappa shape index (κ1) is 30.9. The summed E-state index contributed by atoms with van der Waals surface area (Å²) in [6.07, 6.45) is -2.45. The lowest BCUT2D eigenvalue weighted by Gasteiger charge is -2.45. The molecular formula is C30H41F3INO3Si. The summed E-state index contributed by atoms with van der Waals surface area (Å²) in [5.41, 5.74) is 3.29. The van der Waals surface area contributed by atoms with Gasteiger partial charge in [-0.2, -0.15) is 13.2 Å².